The van der Waals surface area contributed by atoms with E-state index in [0.717, 1.165) is 37.5 Å². The van der Waals surface area contributed by atoms with E-state index in [4.69, 9.17) is 4.74 Å². The van der Waals surface area contributed by atoms with Gasteiger partial charge in [-0.15, -0.1) is 10.2 Å². The molecule has 3 aromatic rings. The molecule has 1 amide bonds. The highest BCUT2D eigenvalue weighted by molar-refractivity contribution is 5.92. The molecule has 0 saturated carbocycles. The van der Waals surface area contributed by atoms with Crippen molar-refractivity contribution in [2.24, 2.45) is 0 Å². The van der Waals surface area contributed by atoms with Gasteiger partial charge in [-0.3, -0.25) is 4.79 Å². The molecule has 32 heavy (non-hydrogen) atoms. The summed E-state index contributed by atoms with van der Waals surface area (Å²) in [4.78, 5) is 14.6. The van der Waals surface area contributed by atoms with Crippen LogP contribution in [0.5, 0.6) is 5.75 Å². The molecule has 1 aromatic heterocycles. The van der Waals surface area contributed by atoms with Crippen molar-refractivity contribution in [3.63, 3.8) is 0 Å². The number of aromatic nitrogens is 2. The maximum Gasteiger partial charge on any atom is 0.271 e. The van der Waals surface area contributed by atoms with Crippen molar-refractivity contribution in [3.8, 4) is 5.75 Å². The topological polar surface area (TPSA) is 67.3 Å². The summed E-state index contributed by atoms with van der Waals surface area (Å²) in [5.74, 6) is 1.36. The van der Waals surface area contributed by atoms with E-state index in [1.807, 2.05) is 36.4 Å². The molecule has 0 radical (unpaired) electrons. The van der Waals surface area contributed by atoms with Gasteiger partial charge in [-0.1, -0.05) is 54.6 Å². The van der Waals surface area contributed by atoms with Crippen LogP contribution in [0, 0.1) is 0 Å². The fourth-order valence-electron chi connectivity index (χ4n) is 4.56. The van der Waals surface area contributed by atoms with E-state index in [9.17, 15) is 4.79 Å². The summed E-state index contributed by atoms with van der Waals surface area (Å²) in [6, 6.07) is 21.8. The molecule has 2 aromatic carbocycles. The van der Waals surface area contributed by atoms with Crippen LogP contribution >= 0.6 is 0 Å². The lowest BCUT2D eigenvalue weighted by Gasteiger charge is -2.39. The molecule has 2 heterocycles. The second-order valence-corrected chi connectivity index (χ2v) is 8.26. The van der Waals surface area contributed by atoms with Gasteiger partial charge in [0.25, 0.3) is 5.91 Å². The van der Waals surface area contributed by atoms with E-state index < -0.39 is 0 Å². The minimum atomic E-state index is -0.244. The number of hydrogen-bond acceptors (Lipinski definition) is 5. The number of piperidine rings is 1. The normalized spacial score (nSPS) is 16.1. The zero-order valence-electron chi connectivity index (χ0n) is 17.9. The number of fused-ring (bicyclic) bond motifs is 2. The SMILES string of the molecule is O=C(NCCOc1ccccc1)c1ccc(N2CCC3(C=Cc4ccccc43)CC2)nn1. The second-order valence-electron chi connectivity index (χ2n) is 8.26. The first kappa shape index (κ1) is 20.2. The molecule has 6 heteroatoms. The molecule has 2 aliphatic rings. The van der Waals surface area contributed by atoms with E-state index in [2.05, 4.69) is 56.8 Å². The van der Waals surface area contributed by atoms with Crippen LogP contribution in [0.1, 0.15) is 34.5 Å². The Morgan fingerprint density at radius 3 is 2.53 bits per heavy atom. The van der Waals surface area contributed by atoms with Crippen molar-refractivity contribution < 1.29 is 9.53 Å². The van der Waals surface area contributed by atoms with Gasteiger partial charge in [0.15, 0.2) is 11.5 Å². The van der Waals surface area contributed by atoms with E-state index in [1.165, 1.54) is 11.1 Å². The Morgan fingerprint density at radius 2 is 1.75 bits per heavy atom. The van der Waals surface area contributed by atoms with Crippen molar-refractivity contribution in [1.29, 1.82) is 0 Å². The largest absolute Gasteiger partial charge is 0.492 e. The monoisotopic (exact) mass is 426 g/mol. The summed E-state index contributed by atoms with van der Waals surface area (Å²) in [6.45, 7) is 2.63. The van der Waals surface area contributed by atoms with Crippen molar-refractivity contribution in [2.75, 3.05) is 31.1 Å². The van der Waals surface area contributed by atoms with Gasteiger partial charge in [0, 0.05) is 18.5 Å². The Balaban J connectivity index is 1.13. The Morgan fingerprint density at radius 1 is 0.969 bits per heavy atom. The summed E-state index contributed by atoms with van der Waals surface area (Å²) in [6.07, 6.45) is 6.72. The number of ether oxygens (including phenoxy) is 1. The number of hydrogen-bond donors (Lipinski definition) is 1. The first-order chi connectivity index (χ1) is 15.7. The second kappa shape index (κ2) is 8.83. The fraction of sp³-hybridized carbons (Fsp3) is 0.269. The Kier molecular flexibility index (Phi) is 5.58. The summed E-state index contributed by atoms with van der Waals surface area (Å²) < 4.78 is 5.59. The number of para-hydroxylation sites is 1. The van der Waals surface area contributed by atoms with Gasteiger partial charge < -0.3 is 15.0 Å². The molecular weight excluding hydrogens is 400 g/mol. The molecule has 1 aliphatic carbocycles. The number of nitrogens with one attached hydrogen (secondary N) is 1. The number of carbonyl (C=O) groups is 1. The van der Waals surface area contributed by atoms with Gasteiger partial charge in [0.2, 0.25) is 0 Å². The molecule has 162 valence electrons. The summed E-state index contributed by atoms with van der Waals surface area (Å²) in [5.41, 5.74) is 3.23. The smallest absolute Gasteiger partial charge is 0.271 e. The number of amides is 1. The third-order valence-corrected chi connectivity index (χ3v) is 6.34. The number of carbonyl (C=O) groups excluding carboxylic acids is 1. The Hall–Kier alpha value is -3.67. The Labute approximate surface area is 187 Å². The summed E-state index contributed by atoms with van der Waals surface area (Å²) >= 11 is 0. The van der Waals surface area contributed by atoms with Crippen LogP contribution in [0.4, 0.5) is 5.82 Å². The molecule has 0 unspecified atom stereocenters. The fourth-order valence-corrected chi connectivity index (χ4v) is 4.56. The number of nitrogens with zero attached hydrogens (tertiary/aromatic N) is 3. The Bertz CT molecular complexity index is 1100. The third-order valence-electron chi connectivity index (χ3n) is 6.34. The number of allylic oxidation sites excluding steroid dienone is 1. The maximum absolute atomic E-state index is 12.3. The minimum Gasteiger partial charge on any atom is -0.492 e. The average molecular weight is 427 g/mol. The first-order valence-corrected chi connectivity index (χ1v) is 11.1. The molecule has 1 aliphatic heterocycles. The maximum atomic E-state index is 12.3. The zero-order chi connectivity index (χ0) is 21.8. The van der Waals surface area contributed by atoms with E-state index in [0.29, 0.717) is 18.8 Å². The zero-order valence-corrected chi connectivity index (χ0v) is 17.9. The average Bonchev–Trinajstić information content (AvgIpc) is 3.21. The van der Waals surface area contributed by atoms with Crippen LogP contribution in [0.2, 0.25) is 0 Å². The van der Waals surface area contributed by atoms with Crippen molar-refractivity contribution in [2.45, 2.75) is 18.3 Å². The van der Waals surface area contributed by atoms with E-state index in [-0.39, 0.29) is 11.3 Å². The van der Waals surface area contributed by atoms with Gasteiger partial charge in [-0.25, -0.2) is 0 Å². The molecule has 6 nitrogen and oxygen atoms in total. The van der Waals surface area contributed by atoms with Crippen LogP contribution in [-0.2, 0) is 5.41 Å². The first-order valence-electron chi connectivity index (χ1n) is 11.1. The van der Waals surface area contributed by atoms with E-state index in [1.54, 1.807) is 6.07 Å². The van der Waals surface area contributed by atoms with Crippen LogP contribution in [-0.4, -0.2) is 42.3 Å². The molecule has 1 N–H and O–H groups in total. The van der Waals surface area contributed by atoms with Crippen LogP contribution in [0.25, 0.3) is 6.08 Å². The summed E-state index contributed by atoms with van der Waals surface area (Å²) in [5, 5.41) is 11.3. The molecule has 5 rings (SSSR count). The highest BCUT2D eigenvalue weighted by Crippen LogP contribution is 2.43. The van der Waals surface area contributed by atoms with Crippen molar-refractivity contribution in [3.05, 3.63) is 89.6 Å². The van der Waals surface area contributed by atoms with E-state index >= 15 is 0 Å². The molecule has 1 spiro atoms. The molecule has 1 saturated heterocycles. The van der Waals surface area contributed by atoms with Crippen molar-refractivity contribution >= 4 is 17.8 Å². The standard InChI is InChI=1S/C26H26N4O2/c31-25(27-16-19-32-21-7-2-1-3-8-21)23-10-11-24(29-28-23)30-17-14-26(15-18-30)13-12-20-6-4-5-9-22(20)26/h1-13H,14-19H2,(H,27,31). The molecular formula is C26H26N4O2. The van der Waals surface area contributed by atoms with Gasteiger partial charge >= 0.3 is 0 Å². The van der Waals surface area contributed by atoms with Crippen LogP contribution in [0.15, 0.2) is 72.8 Å². The number of benzene rings is 2. The lowest BCUT2D eigenvalue weighted by molar-refractivity contribution is 0.0941. The quantitative estimate of drug-likeness (QED) is 0.607. The highest BCUT2D eigenvalue weighted by atomic mass is 16.5. The lowest BCUT2D eigenvalue weighted by Crippen LogP contribution is -2.41. The van der Waals surface area contributed by atoms with Gasteiger partial charge in [0.1, 0.15) is 12.4 Å². The molecule has 0 atom stereocenters. The lowest BCUT2D eigenvalue weighted by atomic mass is 9.74. The number of rotatable bonds is 6. The highest BCUT2D eigenvalue weighted by Gasteiger charge is 2.38. The van der Waals surface area contributed by atoms with Crippen LogP contribution < -0.4 is 15.0 Å². The summed E-state index contributed by atoms with van der Waals surface area (Å²) in [7, 11) is 0. The molecule has 1 fully saturated rings. The number of anilines is 1. The molecule has 0 bridgehead atoms. The predicted molar refractivity (Wildman–Crippen MR) is 125 cm³/mol. The van der Waals surface area contributed by atoms with Gasteiger partial charge in [-0.05, 0) is 48.2 Å². The van der Waals surface area contributed by atoms with Crippen LogP contribution in [0.3, 0.4) is 0 Å². The van der Waals surface area contributed by atoms with Gasteiger partial charge in [-0.2, -0.15) is 0 Å². The van der Waals surface area contributed by atoms with Gasteiger partial charge in [0.05, 0.1) is 6.54 Å². The van der Waals surface area contributed by atoms with Crippen molar-refractivity contribution in [1.82, 2.24) is 15.5 Å². The predicted octanol–water partition coefficient (Wildman–Crippen LogP) is 3.85. The minimum absolute atomic E-state index is 0.141. The third kappa shape index (κ3) is 4.08.